The molecule has 1 aliphatic rings. The number of hydrogen-bond acceptors (Lipinski definition) is 3. The van der Waals surface area contributed by atoms with Gasteiger partial charge >= 0.3 is 5.97 Å². The summed E-state index contributed by atoms with van der Waals surface area (Å²) < 4.78 is 1.90. The fraction of sp³-hybridized carbons (Fsp3) is 0.409. The summed E-state index contributed by atoms with van der Waals surface area (Å²) in [6.07, 6.45) is 9.25. The molecular weight excluding hydrogens is 340 g/mol. The van der Waals surface area contributed by atoms with Crippen molar-refractivity contribution in [2.75, 3.05) is 7.05 Å². The number of aromatic carboxylic acids is 1. The summed E-state index contributed by atoms with van der Waals surface area (Å²) in [4.78, 5) is 28.4. The SMILES string of the molecule is CCCn1cc(C(=O)O)c(=O)cc1/C(=C1\C=CC=C(C)C1=NC)C(C)CC. The summed E-state index contributed by atoms with van der Waals surface area (Å²) in [5.74, 6) is -1.01. The molecule has 27 heavy (non-hydrogen) atoms. The predicted octanol–water partition coefficient (Wildman–Crippen LogP) is 4.34. The van der Waals surface area contributed by atoms with E-state index in [4.69, 9.17) is 0 Å². The summed E-state index contributed by atoms with van der Waals surface area (Å²) in [5, 5.41) is 9.34. The van der Waals surface area contributed by atoms with Gasteiger partial charge < -0.3 is 9.67 Å². The van der Waals surface area contributed by atoms with Crippen molar-refractivity contribution in [1.29, 1.82) is 0 Å². The van der Waals surface area contributed by atoms with Gasteiger partial charge in [0.1, 0.15) is 5.56 Å². The number of allylic oxidation sites excluding steroid dienone is 6. The van der Waals surface area contributed by atoms with Crippen molar-refractivity contribution in [3.63, 3.8) is 0 Å². The van der Waals surface area contributed by atoms with E-state index in [1.807, 2.05) is 36.6 Å². The second-order valence-electron chi connectivity index (χ2n) is 6.85. The molecule has 0 amide bonds. The molecule has 1 heterocycles. The Bertz CT molecular complexity index is 914. The molecule has 2 rings (SSSR count). The second kappa shape index (κ2) is 8.80. The largest absolute Gasteiger partial charge is 0.477 e. The minimum absolute atomic E-state index is 0.186. The van der Waals surface area contributed by atoms with E-state index in [1.54, 1.807) is 7.05 Å². The molecule has 1 aromatic heterocycles. The maximum absolute atomic E-state index is 12.5. The van der Waals surface area contributed by atoms with Gasteiger partial charge in [-0.25, -0.2) is 4.79 Å². The van der Waals surface area contributed by atoms with Crippen LogP contribution >= 0.6 is 0 Å². The first kappa shape index (κ1) is 20.6. The average Bonchev–Trinajstić information content (AvgIpc) is 2.63. The van der Waals surface area contributed by atoms with Gasteiger partial charge in [-0.05, 0) is 36.8 Å². The summed E-state index contributed by atoms with van der Waals surface area (Å²) in [7, 11) is 1.77. The van der Waals surface area contributed by atoms with Crippen molar-refractivity contribution in [1.82, 2.24) is 4.57 Å². The zero-order valence-corrected chi connectivity index (χ0v) is 16.7. The third kappa shape index (κ3) is 4.18. The van der Waals surface area contributed by atoms with E-state index in [0.29, 0.717) is 6.54 Å². The molecule has 5 nitrogen and oxygen atoms in total. The minimum Gasteiger partial charge on any atom is -0.477 e. The van der Waals surface area contributed by atoms with Crippen LogP contribution < -0.4 is 5.43 Å². The Kier molecular flexibility index (Phi) is 6.72. The van der Waals surface area contributed by atoms with Crippen LogP contribution in [0.5, 0.6) is 0 Å². The Hall–Kier alpha value is -2.69. The van der Waals surface area contributed by atoms with E-state index < -0.39 is 11.4 Å². The van der Waals surface area contributed by atoms with Crippen molar-refractivity contribution in [3.8, 4) is 0 Å². The van der Waals surface area contributed by atoms with Gasteiger partial charge in [-0.15, -0.1) is 0 Å². The maximum atomic E-state index is 12.5. The predicted molar refractivity (Wildman–Crippen MR) is 111 cm³/mol. The van der Waals surface area contributed by atoms with Gasteiger partial charge in [0.2, 0.25) is 0 Å². The van der Waals surface area contributed by atoms with Gasteiger partial charge in [0.05, 0.1) is 5.71 Å². The van der Waals surface area contributed by atoms with E-state index in [1.165, 1.54) is 12.3 Å². The molecular formula is C22H28N2O3. The van der Waals surface area contributed by atoms with Crippen LogP contribution in [-0.2, 0) is 6.54 Å². The van der Waals surface area contributed by atoms with Crippen molar-refractivity contribution in [2.24, 2.45) is 10.9 Å². The highest BCUT2D eigenvalue weighted by Gasteiger charge is 2.23. The van der Waals surface area contributed by atoms with Gasteiger partial charge in [0.25, 0.3) is 0 Å². The maximum Gasteiger partial charge on any atom is 0.341 e. The number of aryl methyl sites for hydroxylation is 1. The van der Waals surface area contributed by atoms with Gasteiger partial charge in [-0.3, -0.25) is 9.79 Å². The number of aliphatic imine (C=N–C) groups is 1. The highest BCUT2D eigenvalue weighted by molar-refractivity contribution is 6.19. The summed E-state index contributed by atoms with van der Waals surface area (Å²) >= 11 is 0. The van der Waals surface area contributed by atoms with Crippen LogP contribution in [0.3, 0.4) is 0 Å². The lowest BCUT2D eigenvalue weighted by Gasteiger charge is -2.25. The van der Waals surface area contributed by atoms with Gasteiger partial charge in [0.15, 0.2) is 5.43 Å². The van der Waals surface area contributed by atoms with Crippen molar-refractivity contribution in [2.45, 2.75) is 47.1 Å². The first-order valence-corrected chi connectivity index (χ1v) is 9.40. The molecule has 0 bridgehead atoms. The lowest BCUT2D eigenvalue weighted by Crippen LogP contribution is -2.22. The van der Waals surface area contributed by atoms with Gasteiger partial charge in [-0.2, -0.15) is 0 Å². The molecule has 1 aromatic rings. The van der Waals surface area contributed by atoms with E-state index in [0.717, 1.165) is 41.0 Å². The standard InChI is InChI=1S/C22H28N2O3/c1-6-11-24-13-17(22(26)27)19(25)12-18(24)20(14(3)7-2)16-10-8-9-15(4)21(16)23-5/h8-10,12-14H,6-7,11H2,1-5H3,(H,26,27)/b20-16+,23-21?. The second-order valence-corrected chi connectivity index (χ2v) is 6.85. The fourth-order valence-electron chi connectivity index (χ4n) is 3.43. The number of carbonyl (C=O) groups is 1. The number of carboxylic acid groups (broad SMARTS) is 1. The smallest absolute Gasteiger partial charge is 0.341 e. The van der Waals surface area contributed by atoms with Gasteiger partial charge in [0, 0.05) is 37.1 Å². The molecule has 0 radical (unpaired) electrons. The number of rotatable bonds is 6. The van der Waals surface area contributed by atoms with Crippen LogP contribution in [0.1, 0.15) is 56.6 Å². The average molecular weight is 368 g/mol. The zero-order valence-electron chi connectivity index (χ0n) is 16.7. The molecule has 1 N–H and O–H groups in total. The van der Waals surface area contributed by atoms with Crippen LogP contribution in [-0.4, -0.2) is 28.4 Å². The van der Waals surface area contributed by atoms with Crippen LogP contribution in [0.25, 0.3) is 5.57 Å². The molecule has 144 valence electrons. The van der Waals surface area contributed by atoms with Crippen LogP contribution in [0.15, 0.2) is 51.4 Å². The van der Waals surface area contributed by atoms with Crippen molar-refractivity contribution in [3.05, 3.63) is 63.1 Å². The Labute approximate surface area is 160 Å². The molecule has 0 fully saturated rings. The lowest BCUT2D eigenvalue weighted by atomic mass is 9.84. The topological polar surface area (TPSA) is 71.7 Å². The van der Waals surface area contributed by atoms with Crippen LogP contribution in [0.2, 0.25) is 0 Å². The first-order chi connectivity index (χ1) is 12.8. The summed E-state index contributed by atoms with van der Waals surface area (Å²) in [6, 6.07) is 1.47. The summed E-state index contributed by atoms with van der Waals surface area (Å²) in [5.41, 5.74) is 4.13. The van der Waals surface area contributed by atoms with E-state index >= 15 is 0 Å². The monoisotopic (exact) mass is 368 g/mol. The Morgan fingerprint density at radius 3 is 2.59 bits per heavy atom. The fourth-order valence-corrected chi connectivity index (χ4v) is 3.43. The minimum atomic E-state index is -1.19. The lowest BCUT2D eigenvalue weighted by molar-refractivity contribution is 0.0694. The molecule has 1 unspecified atom stereocenters. The van der Waals surface area contributed by atoms with Crippen LogP contribution in [0.4, 0.5) is 0 Å². The normalized spacial score (nSPS) is 18.4. The zero-order chi connectivity index (χ0) is 20.1. The number of aromatic nitrogens is 1. The summed E-state index contributed by atoms with van der Waals surface area (Å²) in [6.45, 7) is 8.93. The molecule has 0 aliphatic heterocycles. The molecule has 5 heteroatoms. The van der Waals surface area contributed by atoms with Crippen molar-refractivity contribution >= 4 is 17.3 Å². The highest BCUT2D eigenvalue weighted by Crippen LogP contribution is 2.33. The number of carboxylic acids is 1. The molecule has 0 saturated carbocycles. The third-order valence-electron chi connectivity index (χ3n) is 4.96. The third-order valence-corrected chi connectivity index (χ3v) is 4.96. The Balaban J connectivity index is 2.87. The first-order valence-electron chi connectivity index (χ1n) is 9.40. The van der Waals surface area contributed by atoms with Gasteiger partial charge in [-0.1, -0.05) is 39.0 Å². The quantitative estimate of drug-likeness (QED) is 0.812. The van der Waals surface area contributed by atoms with Crippen molar-refractivity contribution < 1.29 is 9.90 Å². The molecule has 0 aromatic carbocycles. The number of hydrogen-bond donors (Lipinski definition) is 1. The van der Waals surface area contributed by atoms with Crippen LogP contribution in [0, 0.1) is 5.92 Å². The number of pyridine rings is 1. The Morgan fingerprint density at radius 1 is 1.33 bits per heavy atom. The van der Waals surface area contributed by atoms with E-state index in [9.17, 15) is 14.7 Å². The Morgan fingerprint density at radius 2 is 2.04 bits per heavy atom. The molecule has 0 saturated heterocycles. The molecule has 1 atom stereocenters. The van der Waals surface area contributed by atoms with E-state index in [2.05, 4.69) is 18.8 Å². The highest BCUT2D eigenvalue weighted by atomic mass is 16.4. The molecule has 0 spiro atoms. The van der Waals surface area contributed by atoms with E-state index in [-0.39, 0.29) is 11.5 Å². The number of nitrogens with zero attached hydrogens (tertiary/aromatic N) is 2. The molecule has 1 aliphatic carbocycles.